The number of anilines is 1. The molecule has 1 aliphatic carbocycles. The Balaban J connectivity index is 1.88. The van der Waals surface area contributed by atoms with Crippen LogP contribution in [-0.4, -0.2) is 24.5 Å². The molecule has 0 bridgehead atoms. The quantitative estimate of drug-likeness (QED) is 0.797. The standard InChI is InChI=1S/C13H14F3N3O2/c14-13(15,16)9-3-1-2-4-10(9)19-11(20)7-17-12(21)18-8-5-6-8/h1-4,8H,5-7H2,(H,19,20)(H2,17,18,21). The van der Waals surface area contributed by atoms with E-state index in [0.717, 1.165) is 25.0 Å². The lowest BCUT2D eigenvalue weighted by atomic mass is 10.1. The molecule has 5 nitrogen and oxygen atoms in total. The van der Waals surface area contributed by atoms with Gasteiger partial charge in [-0.05, 0) is 25.0 Å². The van der Waals surface area contributed by atoms with Crippen molar-refractivity contribution in [3.05, 3.63) is 29.8 Å². The molecule has 0 spiro atoms. The van der Waals surface area contributed by atoms with Crippen LogP contribution in [-0.2, 0) is 11.0 Å². The van der Waals surface area contributed by atoms with Gasteiger partial charge in [-0.3, -0.25) is 4.79 Å². The van der Waals surface area contributed by atoms with E-state index in [4.69, 9.17) is 0 Å². The molecule has 0 heterocycles. The second-order valence-corrected chi connectivity index (χ2v) is 4.69. The van der Waals surface area contributed by atoms with Gasteiger partial charge in [-0.15, -0.1) is 0 Å². The van der Waals surface area contributed by atoms with Gasteiger partial charge in [-0.2, -0.15) is 13.2 Å². The molecule has 0 radical (unpaired) electrons. The van der Waals surface area contributed by atoms with Crippen LogP contribution in [0.4, 0.5) is 23.7 Å². The van der Waals surface area contributed by atoms with Crippen molar-refractivity contribution in [2.24, 2.45) is 0 Å². The highest BCUT2D eigenvalue weighted by Gasteiger charge is 2.33. The number of halogens is 3. The van der Waals surface area contributed by atoms with Gasteiger partial charge in [0.15, 0.2) is 0 Å². The zero-order valence-electron chi connectivity index (χ0n) is 11.0. The summed E-state index contributed by atoms with van der Waals surface area (Å²) < 4.78 is 38.2. The van der Waals surface area contributed by atoms with Crippen molar-refractivity contribution in [3.63, 3.8) is 0 Å². The molecule has 8 heteroatoms. The molecule has 0 atom stereocenters. The van der Waals surface area contributed by atoms with Crippen LogP contribution in [0.5, 0.6) is 0 Å². The highest BCUT2D eigenvalue weighted by atomic mass is 19.4. The highest BCUT2D eigenvalue weighted by Crippen LogP contribution is 2.34. The molecule has 0 unspecified atom stereocenters. The van der Waals surface area contributed by atoms with Crippen LogP contribution in [0.3, 0.4) is 0 Å². The first-order valence-electron chi connectivity index (χ1n) is 6.36. The van der Waals surface area contributed by atoms with Gasteiger partial charge in [0.2, 0.25) is 5.91 Å². The molecule has 0 aromatic heterocycles. The minimum Gasteiger partial charge on any atom is -0.335 e. The number of alkyl halides is 3. The Morgan fingerprint density at radius 1 is 1.19 bits per heavy atom. The van der Waals surface area contributed by atoms with Gasteiger partial charge in [0.1, 0.15) is 0 Å². The normalized spacial score (nSPS) is 14.4. The third-order valence-electron chi connectivity index (χ3n) is 2.83. The fourth-order valence-electron chi connectivity index (χ4n) is 1.66. The lowest BCUT2D eigenvalue weighted by Gasteiger charge is -2.13. The number of benzene rings is 1. The van der Waals surface area contributed by atoms with E-state index in [1.165, 1.54) is 12.1 Å². The summed E-state index contributed by atoms with van der Waals surface area (Å²) in [7, 11) is 0. The van der Waals surface area contributed by atoms with Crippen LogP contribution >= 0.6 is 0 Å². The van der Waals surface area contributed by atoms with E-state index < -0.39 is 30.2 Å². The maximum Gasteiger partial charge on any atom is 0.418 e. The van der Waals surface area contributed by atoms with Crippen molar-refractivity contribution < 1.29 is 22.8 Å². The van der Waals surface area contributed by atoms with Gasteiger partial charge < -0.3 is 16.0 Å². The van der Waals surface area contributed by atoms with E-state index in [1.54, 1.807) is 0 Å². The lowest BCUT2D eigenvalue weighted by Crippen LogP contribution is -2.41. The third kappa shape index (κ3) is 4.66. The molecule has 114 valence electrons. The largest absolute Gasteiger partial charge is 0.418 e. The Morgan fingerprint density at radius 3 is 2.48 bits per heavy atom. The first-order valence-corrected chi connectivity index (χ1v) is 6.36. The lowest BCUT2D eigenvalue weighted by molar-refractivity contribution is -0.137. The number of nitrogens with one attached hydrogen (secondary N) is 3. The second kappa shape index (κ2) is 6.02. The topological polar surface area (TPSA) is 70.2 Å². The molecule has 3 amide bonds. The van der Waals surface area contributed by atoms with Gasteiger partial charge in [0, 0.05) is 6.04 Å². The average molecular weight is 301 g/mol. The second-order valence-electron chi connectivity index (χ2n) is 4.69. The summed E-state index contributed by atoms with van der Waals surface area (Å²) in [6, 6.07) is 4.29. The van der Waals surface area contributed by atoms with Gasteiger partial charge in [-0.25, -0.2) is 4.79 Å². The molecule has 1 saturated carbocycles. The maximum absolute atomic E-state index is 12.7. The van der Waals surface area contributed by atoms with Crippen molar-refractivity contribution in [3.8, 4) is 0 Å². The Bertz CT molecular complexity index is 542. The van der Waals surface area contributed by atoms with Crippen molar-refractivity contribution in [2.75, 3.05) is 11.9 Å². The molecule has 1 fully saturated rings. The summed E-state index contributed by atoms with van der Waals surface area (Å²) in [6.07, 6.45) is -2.75. The minimum absolute atomic E-state index is 0.138. The van der Waals surface area contributed by atoms with E-state index in [9.17, 15) is 22.8 Å². The van der Waals surface area contributed by atoms with Crippen molar-refractivity contribution in [1.82, 2.24) is 10.6 Å². The molecule has 2 rings (SSSR count). The fraction of sp³-hybridized carbons (Fsp3) is 0.385. The first-order chi connectivity index (χ1) is 9.86. The van der Waals surface area contributed by atoms with Crippen LogP contribution in [0.25, 0.3) is 0 Å². The summed E-state index contributed by atoms with van der Waals surface area (Å²) in [5.74, 6) is -0.724. The Kier molecular flexibility index (Phi) is 4.35. The molecule has 0 aliphatic heterocycles. The number of carbonyl (C=O) groups excluding carboxylic acids is 2. The Labute approximate surface area is 118 Å². The summed E-state index contributed by atoms with van der Waals surface area (Å²) in [4.78, 5) is 22.9. The van der Waals surface area contributed by atoms with Gasteiger partial charge in [0.25, 0.3) is 0 Å². The number of hydrogen-bond acceptors (Lipinski definition) is 2. The number of hydrogen-bond donors (Lipinski definition) is 3. The monoisotopic (exact) mass is 301 g/mol. The number of amides is 3. The zero-order valence-corrected chi connectivity index (χ0v) is 11.0. The van der Waals surface area contributed by atoms with Crippen LogP contribution in [0.15, 0.2) is 24.3 Å². The van der Waals surface area contributed by atoms with Gasteiger partial charge in [0.05, 0.1) is 17.8 Å². The van der Waals surface area contributed by atoms with Crippen LogP contribution in [0.2, 0.25) is 0 Å². The van der Waals surface area contributed by atoms with E-state index in [2.05, 4.69) is 16.0 Å². The Morgan fingerprint density at radius 2 is 1.86 bits per heavy atom. The SMILES string of the molecule is O=C(CNC(=O)NC1CC1)Nc1ccccc1C(F)(F)F. The van der Waals surface area contributed by atoms with Gasteiger partial charge >= 0.3 is 12.2 Å². The average Bonchev–Trinajstić information content (AvgIpc) is 3.20. The molecular formula is C13H14F3N3O2. The number of carbonyl (C=O) groups is 2. The van der Waals surface area contributed by atoms with Crippen LogP contribution < -0.4 is 16.0 Å². The minimum atomic E-state index is -4.55. The predicted molar refractivity (Wildman–Crippen MR) is 69.6 cm³/mol. The molecule has 1 aromatic carbocycles. The summed E-state index contributed by atoms with van der Waals surface area (Å²) in [5.41, 5.74) is -1.26. The maximum atomic E-state index is 12.7. The molecule has 21 heavy (non-hydrogen) atoms. The Hall–Kier alpha value is -2.25. The van der Waals surface area contributed by atoms with Crippen LogP contribution in [0, 0.1) is 0 Å². The van der Waals surface area contributed by atoms with E-state index >= 15 is 0 Å². The van der Waals surface area contributed by atoms with E-state index in [1.807, 2.05) is 0 Å². The number of para-hydroxylation sites is 1. The zero-order chi connectivity index (χ0) is 15.5. The molecule has 3 N–H and O–H groups in total. The van der Waals surface area contributed by atoms with Crippen molar-refractivity contribution in [2.45, 2.75) is 25.1 Å². The highest BCUT2D eigenvalue weighted by molar-refractivity contribution is 5.95. The predicted octanol–water partition coefficient (Wildman–Crippen LogP) is 2.11. The molecule has 0 saturated heterocycles. The number of urea groups is 1. The summed E-state index contributed by atoms with van der Waals surface area (Å²) >= 11 is 0. The van der Waals surface area contributed by atoms with Crippen LogP contribution in [0.1, 0.15) is 18.4 Å². The third-order valence-corrected chi connectivity index (χ3v) is 2.83. The van der Waals surface area contributed by atoms with Crippen molar-refractivity contribution in [1.29, 1.82) is 0 Å². The van der Waals surface area contributed by atoms with Gasteiger partial charge in [-0.1, -0.05) is 12.1 Å². The summed E-state index contributed by atoms with van der Waals surface area (Å²) in [6.45, 7) is -0.398. The van der Waals surface area contributed by atoms with E-state index in [-0.39, 0.29) is 11.7 Å². The first kappa shape index (κ1) is 15.1. The molecular weight excluding hydrogens is 287 g/mol. The fourth-order valence-corrected chi connectivity index (χ4v) is 1.66. The smallest absolute Gasteiger partial charge is 0.335 e. The van der Waals surface area contributed by atoms with E-state index in [0.29, 0.717) is 0 Å². The summed E-state index contributed by atoms with van der Waals surface area (Å²) in [5, 5.41) is 7.03. The van der Waals surface area contributed by atoms with Crippen molar-refractivity contribution >= 4 is 17.6 Å². The molecule has 1 aliphatic rings. The number of rotatable bonds is 4. The molecule has 1 aromatic rings.